The Labute approximate surface area is 102 Å². The van der Waals surface area contributed by atoms with Crippen molar-refractivity contribution < 1.29 is 9.53 Å². The summed E-state index contributed by atoms with van der Waals surface area (Å²) in [6.45, 7) is 5.26. The van der Waals surface area contributed by atoms with E-state index in [0.29, 0.717) is 12.6 Å². The summed E-state index contributed by atoms with van der Waals surface area (Å²) >= 11 is 0. The molecule has 1 unspecified atom stereocenters. The van der Waals surface area contributed by atoms with Crippen molar-refractivity contribution in [2.24, 2.45) is 0 Å². The number of ether oxygens (including phenoxy) is 1. The Morgan fingerprint density at radius 3 is 2.59 bits per heavy atom. The number of benzene rings is 1. The van der Waals surface area contributed by atoms with Crippen LogP contribution in [0.5, 0.6) is 0 Å². The normalized spacial score (nSPS) is 26.6. The summed E-state index contributed by atoms with van der Waals surface area (Å²) in [6.07, 6.45) is 0.996. The highest BCUT2D eigenvalue weighted by molar-refractivity contribution is 5.80. The standard InChI is InChI=1S/C14H19NO2/c1-3-12-13(14(16)17-4-2)15(12)10-11-8-6-5-7-9-11/h5-9,12-13H,3-4,10H2,1-2H3/t12-,13-,15?/m0/s1. The van der Waals surface area contributed by atoms with Gasteiger partial charge < -0.3 is 4.74 Å². The number of carbonyl (C=O) groups excluding carboxylic acids is 1. The molecule has 3 atom stereocenters. The molecule has 0 N–H and O–H groups in total. The minimum absolute atomic E-state index is 0.0276. The van der Waals surface area contributed by atoms with Crippen molar-refractivity contribution in [3.8, 4) is 0 Å². The van der Waals surface area contributed by atoms with E-state index in [1.807, 2.05) is 25.1 Å². The van der Waals surface area contributed by atoms with Gasteiger partial charge in [-0.15, -0.1) is 0 Å². The van der Waals surface area contributed by atoms with Gasteiger partial charge in [0.1, 0.15) is 6.04 Å². The maximum absolute atomic E-state index is 11.7. The SMILES string of the molecule is CCOC(=O)[C@@H]1[C@H](CC)N1Cc1ccccc1. The molecule has 3 nitrogen and oxygen atoms in total. The van der Waals surface area contributed by atoms with E-state index in [1.54, 1.807) is 0 Å². The molecule has 1 aromatic carbocycles. The molecular weight excluding hydrogens is 214 g/mol. The lowest BCUT2D eigenvalue weighted by molar-refractivity contribution is -0.143. The molecule has 1 aliphatic rings. The van der Waals surface area contributed by atoms with Crippen molar-refractivity contribution in [3.63, 3.8) is 0 Å². The van der Waals surface area contributed by atoms with Gasteiger partial charge in [0.2, 0.25) is 0 Å². The molecule has 92 valence electrons. The van der Waals surface area contributed by atoms with Crippen molar-refractivity contribution in [1.82, 2.24) is 4.90 Å². The van der Waals surface area contributed by atoms with Gasteiger partial charge in [0.25, 0.3) is 0 Å². The van der Waals surface area contributed by atoms with Crippen LogP contribution in [-0.4, -0.2) is 29.6 Å². The van der Waals surface area contributed by atoms with E-state index in [-0.39, 0.29) is 12.0 Å². The fraction of sp³-hybridized carbons (Fsp3) is 0.500. The predicted octanol–water partition coefficient (Wildman–Crippen LogP) is 2.21. The topological polar surface area (TPSA) is 29.3 Å². The predicted molar refractivity (Wildman–Crippen MR) is 66.5 cm³/mol. The lowest BCUT2D eigenvalue weighted by atomic mass is 10.2. The van der Waals surface area contributed by atoms with Crippen LogP contribution in [0.1, 0.15) is 25.8 Å². The molecule has 17 heavy (non-hydrogen) atoms. The molecule has 1 fully saturated rings. The number of nitrogens with zero attached hydrogens (tertiary/aromatic N) is 1. The Kier molecular flexibility index (Phi) is 3.79. The van der Waals surface area contributed by atoms with Crippen LogP contribution in [0.3, 0.4) is 0 Å². The minimum atomic E-state index is -0.0738. The first-order valence-electron chi connectivity index (χ1n) is 6.24. The quantitative estimate of drug-likeness (QED) is 0.577. The third-order valence-electron chi connectivity index (χ3n) is 3.21. The summed E-state index contributed by atoms with van der Waals surface area (Å²) in [5.41, 5.74) is 1.25. The van der Waals surface area contributed by atoms with E-state index >= 15 is 0 Å². The van der Waals surface area contributed by atoms with Crippen LogP contribution in [0, 0.1) is 0 Å². The lowest BCUT2D eigenvalue weighted by Crippen LogP contribution is -2.16. The summed E-state index contributed by atoms with van der Waals surface area (Å²) in [6, 6.07) is 10.6. The Balaban J connectivity index is 1.96. The summed E-state index contributed by atoms with van der Waals surface area (Å²) < 4.78 is 5.09. The van der Waals surface area contributed by atoms with Gasteiger partial charge in [0.05, 0.1) is 6.61 Å². The molecular formula is C14H19NO2. The first-order valence-corrected chi connectivity index (χ1v) is 6.24. The fourth-order valence-corrected chi connectivity index (χ4v) is 2.32. The zero-order chi connectivity index (χ0) is 12.3. The van der Waals surface area contributed by atoms with Crippen LogP contribution >= 0.6 is 0 Å². The molecule has 1 heterocycles. The Morgan fingerprint density at radius 2 is 2.00 bits per heavy atom. The largest absolute Gasteiger partial charge is 0.465 e. The molecule has 0 aromatic heterocycles. The molecule has 1 aliphatic heterocycles. The minimum Gasteiger partial charge on any atom is -0.465 e. The summed E-state index contributed by atoms with van der Waals surface area (Å²) in [5.74, 6) is -0.0738. The monoisotopic (exact) mass is 233 g/mol. The second kappa shape index (κ2) is 5.32. The molecule has 0 saturated carbocycles. The van der Waals surface area contributed by atoms with Crippen LogP contribution in [0.2, 0.25) is 0 Å². The van der Waals surface area contributed by atoms with Crippen LogP contribution in [-0.2, 0) is 16.1 Å². The van der Waals surface area contributed by atoms with Crippen LogP contribution < -0.4 is 0 Å². The maximum atomic E-state index is 11.7. The third kappa shape index (κ3) is 2.67. The summed E-state index contributed by atoms with van der Waals surface area (Å²) in [4.78, 5) is 13.9. The van der Waals surface area contributed by atoms with E-state index in [2.05, 4.69) is 24.0 Å². The zero-order valence-corrected chi connectivity index (χ0v) is 10.4. The van der Waals surface area contributed by atoms with Gasteiger partial charge in [-0.25, -0.2) is 0 Å². The maximum Gasteiger partial charge on any atom is 0.325 e. The number of hydrogen-bond donors (Lipinski definition) is 0. The van der Waals surface area contributed by atoms with Gasteiger partial charge in [-0.3, -0.25) is 9.69 Å². The molecule has 1 saturated heterocycles. The lowest BCUT2D eigenvalue weighted by Gasteiger charge is -2.04. The number of esters is 1. The summed E-state index contributed by atoms with van der Waals surface area (Å²) in [7, 11) is 0. The van der Waals surface area contributed by atoms with Gasteiger partial charge in [0.15, 0.2) is 0 Å². The second-order valence-corrected chi connectivity index (χ2v) is 4.33. The third-order valence-corrected chi connectivity index (χ3v) is 3.21. The van der Waals surface area contributed by atoms with E-state index < -0.39 is 0 Å². The van der Waals surface area contributed by atoms with Gasteiger partial charge in [-0.2, -0.15) is 0 Å². The van der Waals surface area contributed by atoms with Crippen molar-refractivity contribution in [2.75, 3.05) is 6.61 Å². The smallest absolute Gasteiger partial charge is 0.325 e. The molecule has 0 spiro atoms. The molecule has 1 aromatic rings. The van der Waals surface area contributed by atoms with Gasteiger partial charge in [0, 0.05) is 12.6 Å². The fourth-order valence-electron chi connectivity index (χ4n) is 2.32. The van der Waals surface area contributed by atoms with Gasteiger partial charge in [-0.1, -0.05) is 37.3 Å². The Hall–Kier alpha value is -1.35. The molecule has 0 amide bonds. The highest BCUT2D eigenvalue weighted by Crippen LogP contribution is 2.33. The van der Waals surface area contributed by atoms with E-state index in [1.165, 1.54) is 5.56 Å². The Morgan fingerprint density at radius 1 is 1.29 bits per heavy atom. The van der Waals surface area contributed by atoms with E-state index in [4.69, 9.17) is 4.74 Å². The first-order chi connectivity index (χ1) is 8.27. The highest BCUT2D eigenvalue weighted by Gasteiger charge is 2.51. The van der Waals surface area contributed by atoms with Crippen LogP contribution in [0.4, 0.5) is 0 Å². The van der Waals surface area contributed by atoms with Crippen molar-refractivity contribution in [2.45, 2.75) is 38.9 Å². The molecule has 0 aliphatic carbocycles. The average Bonchev–Trinajstić information content (AvgIpc) is 3.04. The van der Waals surface area contributed by atoms with Gasteiger partial charge >= 0.3 is 5.97 Å². The second-order valence-electron chi connectivity index (χ2n) is 4.33. The molecule has 0 bridgehead atoms. The molecule has 3 heteroatoms. The zero-order valence-electron chi connectivity index (χ0n) is 10.4. The van der Waals surface area contributed by atoms with Crippen molar-refractivity contribution in [3.05, 3.63) is 35.9 Å². The van der Waals surface area contributed by atoms with Crippen molar-refractivity contribution >= 4 is 5.97 Å². The van der Waals surface area contributed by atoms with Crippen molar-refractivity contribution in [1.29, 1.82) is 0 Å². The van der Waals surface area contributed by atoms with E-state index in [9.17, 15) is 4.79 Å². The van der Waals surface area contributed by atoms with Crippen LogP contribution in [0.15, 0.2) is 30.3 Å². The molecule has 2 rings (SSSR count). The van der Waals surface area contributed by atoms with Crippen LogP contribution in [0.25, 0.3) is 0 Å². The highest BCUT2D eigenvalue weighted by atomic mass is 16.5. The average molecular weight is 233 g/mol. The Bertz CT molecular complexity index is 377. The summed E-state index contributed by atoms with van der Waals surface area (Å²) in [5, 5.41) is 0. The number of carbonyl (C=O) groups is 1. The number of rotatable bonds is 5. The molecule has 0 radical (unpaired) electrons. The number of hydrogen-bond acceptors (Lipinski definition) is 3. The first kappa shape index (κ1) is 12.1. The van der Waals surface area contributed by atoms with E-state index in [0.717, 1.165) is 13.0 Å². The van der Waals surface area contributed by atoms with Gasteiger partial charge in [-0.05, 0) is 18.9 Å².